The molecule has 0 spiro atoms. The summed E-state index contributed by atoms with van der Waals surface area (Å²) in [5, 5.41) is 0. The van der Waals surface area contributed by atoms with Crippen LogP contribution in [-0.2, 0) is 13.1 Å². The fourth-order valence-corrected chi connectivity index (χ4v) is 3.18. The molecular weight excluding hydrogens is 352 g/mol. The van der Waals surface area contributed by atoms with Crippen LogP contribution in [0.2, 0.25) is 0 Å². The Hall–Kier alpha value is -2.54. The van der Waals surface area contributed by atoms with Crippen molar-refractivity contribution in [3.05, 3.63) is 58.8 Å². The zero-order chi connectivity index (χ0) is 19.6. The molecule has 144 valence electrons. The van der Waals surface area contributed by atoms with Crippen LogP contribution >= 0.6 is 0 Å². The second-order valence-electron chi connectivity index (χ2n) is 6.88. The normalized spacial score (nSPS) is 14.6. The van der Waals surface area contributed by atoms with E-state index in [1.807, 2.05) is 14.1 Å². The van der Waals surface area contributed by atoms with Gasteiger partial charge in [-0.25, -0.2) is 13.8 Å². The first-order chi connectivity index (χ1) is 12.9. The predicted octanol–water partition coefficient (Wildman–Crippen LogP) is 3.23. The highest BCUT2D eigenvalue weighted by atomic mass is 19.1. The van der Waals surface area contributed by atoms with Gasteiger partial charge < -0.3 is 14.5 Å². The maximum absolute atomic E-state index is 13.9. The Morgan fingerprint density at radius 2 is 2.07 bits per heavy atom. The number of pyridine rings is 1. The SMILES string of the molecule is CC[C@H](COc1nccc2c1C(=O)N(Cc1ccc(F)cc1F)C2)N(C)C. The molecule has 1 aromatic heterocycles. The predicted molar refractivity (Wildman–Crippen MR) is 97.4 cm³/mol. The number of aromatic nitrogens is 1. The minimum Gasteiger partial charge on any atom is -0.475 e. The lowest BCUT2D eigenvalue weighted by molar-refractivity contribution is 0.0759. The van der Waals surface area contributed by atoms with Gasteiger partial charge in [0.2, 0.25) is 5.88 Å². The topological polar surface area (TPSA) is 45.7 Å². The number of fused-ring (bicyclic) bond motifs is 1. The summed E-state index contributed by atoms with van der Waals surface area (Å²) in [5.41, 5.74) is 1.49. The van der Waals surface area contributed by atoms with Gasteiger partial charge in [-0.15, -0.1) is 0 Å². The van der Waals surface area contributed by atoms with Crippen molar-refractivity contribution in [3.8, 4) is 5.88 Å². The van der Waals surface area contributed by atoms with Gasteiger partial charge in [0.25, 0.3) is 5.91 Å². The number of halogens is 2. The van der Waals surface area contributed by atoms with Crippen molar-refractivity contribution < 1.29 is 18.3 Å². The third-order valence-corrected chi connectivity index (χ3v) is 4.86. The van der Waals surface area contributed by atoms with Crippen LogP contribution in [0.25, 0.3) is 0 Å². The monoisotopic (exact) mass is 375 g/mol. The molecule has 0 aliphatic carbocycles. The quantitative estimate of drug-likeness (QED) is 0.745. The lowest BCUT2D eigenvalue weighted by atomic mass is 10.2. The first-order valence-corrected chi connectivity index (χ1v) is 8.91. The molecule has 0 fully saturated rings. The van der Waals surface area contributed by atoms with Gasteiger partial charge in [0.1, 0.15) is 23.8 Å². The van der Waals surface area contributed by atoms with E-state index in [2.05, 4.69) is 16.8 Å². The molecule has 0 radical (unpaired) electrons. The Morgan fingerprint density at radius 3 is 2.74 bits per heavy atom. The van der Waals surface area contributed by atoms with Crippen molar-refractivity contribution in [2.45, 2.75) is 32.5 Å². The first-order valence-electron chi connectivity index (χ1n) is 8.91. The van der Waals surface area contributed by atoms with Gasteiger partial charge in [-0.05, 0) is 38.2 Å². The Morgan fingerprint density at radius 1 is 1.30 bits per heavy atom. The van der Waals surface area contributed by atoms with E-state index in [-0.39, 0.29) is 24.1 Å². The number of benzene rings is 1. The van der Waals surface area contributed by atoms with Crippen LogP contribution in [0, 0.1) is 11.6 Å². The number of amides is 1. The summed E-state index contributed by atoms with van der Waals surface area (Å²) in [6.07, 6.45) is 2.52. The summed E-state index contributed by atoms with van der Waals surface area (Å²) in [6.45, 7) is 2.90. The molecule has 1 aliphatic rings. The molecule has 27 heavy (non-hydrogen) atoms. The van der Waals surface area contributed by atoms with Crippen molar-refractivity contribution in [1.29, 1.82) is 0 Å². The number of hydrogen-bond donors (Lipinski definition) is 0. The zero-order valence-corrected chi connectivity index (χ0v) is 15.7. The standard InChI is InChI=1S/C20H23F2N3O2/c1-4-16(24(2)3)12-27-19-18-14(7-8-23-19)11-25(20(18)26)10-13-5-6-15(21)9-17(13)22/h5-9,16H,4,10-12H2,1-3H3/t16-/m1/s1. The van der Waals surface area contributed by atoms with Crippen molar-refractivity contribution in [3.63, 3.8) is 0 Å². The van der Waals surface area contributed by atoms with E-state index in [9.17, 15) is 13.6 Å². The minimum atomic E-state index is -0.662. The number of ether oxygens (including phenoxy) is 1. The van der Waals surface area contributed by atoms with Gasteiger partial charge in [0.15, 0.2) is 0 Å². The van der Waals surface area contributed by atoms with E-state index in [1.165, 1.54) is 17.0 Å². The summed E-state index contributed by atoms with van der Waals surface area (Å²) in [7, 11) is 3.95. The smallest absolute Gasteiger partial charge is 0.260 e. The zero-order valence-electron chi connectivity index (χ0n) is 15.7. The molecule has 2 aromatic rings. The van der Waals surface area contributed by atoms with Crippen LogP contribution in [0.4, 0.5) is 8.78 Å². The number of nitrogens with zero attached hydrogens (tertiary/aromatic N) is 3. The number of likely N-dealkylation sites (N-methyl/N-ethyl adjacent to an activating group) is 1. The number of hydrogen-bond acceptors (Lipinski definition) is 4. The molecule has 0 saturated carbocycles. The first kappa shape index (κ1) is 19.2. The molecule has 7 heteroatoms. The van der Waals surface area contributed by atoms with Gasteiger partial charge in [0, 0.05) is 37.0 Å². The summed E-state index contributed by atoms with van der Waals surface area (Å²) >= 11 is 0. The molecule has 2 heterocycles. The third-order valence-electron chi connectivity index (χ3n) is 4.86. The molecule has 1 atom stereocenters. The lowest BCUT2D eigenvalue weighted by Crippen LogP contribution is -2.33. The minimum absolute atomic E-state index is 0.0638. The second kappa shape index (κ2) is 8.00. The largest absolute Gasteiger partial charge is 0.475 e. The molecule has 1 amide bonds. The highest BCUT2D eigenvalue weighted by Gasteiger charge is 2.32. The molecule has 1 aliphatic heterocycles. The van der Waals surface area contributed by atoms with Crippen LogP contribution in [0.1, 0.15) is 34.8 Å². The highest BCUT2D eigenvalue weighted by molar-refractivity contribution is 6.00. The third kappa shape index (κ3) is 4.08. The van der Waals surface area contributed by atoms with E-state index in [0.717, 1.165) is 18.1 Å². The highest BCUT2D eigenvalue weighted by Crippen LogP contribution is 2.30. The van der Waals surface area contributed by atoms with E-state index in [0.29, 0.717) is 24.6 Å². The van der Waals surface area contributed by atoms with Crippen molar-refractivity contribution in [2.24, 2.45) is 0 Å². The van der Waals surface area contributed by atoms with E-state index >= 15 is 0 Å². The Labute approximate surface area is 157 Å². The van der Waals surface area contributed by atoms with Crippen molar-refractivity contribution in [2.75, 3.05) is 20.7 Å². The van der Waals surface area contributed by atoms with Crippen molar-refractivity contribution >= 4 is 5.91 Å². The number of carbonyl (C=O) groups is 1. The summed E-state index contributed by atoms with van der Waals surface area (Å²) in [5.74, 6) is -1.25. The second-order valence-corrected chi connectivity index (χ2v) is 6.88. The Bertz CT molecular complexity index is 842. The molecular formula is C20H23F2N3O2. The van der Waals surface area contributed by atoms with Crippen LogP contribution in [0.3, 0.4) is 0 Å². The van der Waals surface area contributed by atoms with E-state index in [4.69, 9.17) is 4.74 Å². The fourth-order valence-electron chi connectivity index (χ4n) is 3.18. The fraction of sp³-hybridized carbons (Fsp3) is 0.400. The van der Waals surface area contributed by atoms with Crippen LogP contribution < -0.4 is 4.74 Å². The van der Waals surface area contributed by atoms with E-state index < -0.39 is 11.6 Å². The van der Waals surface area contributed by atoms with E-state index in [1.54, 1.807) is 12.3 Å². The molecule has 0 saturated heterocycles. The molecule has 0 unspecified atom stereocenters. The molecule has 0 N–H and O–H groups in total. The van der Waals surface area contributed by atoms with Crippen LogP contribution in [-0.4, -0.2) is 47.4 Å². The Balaban J connectivity index is 1.77. The van der Waals surface area contributed by atoms with Gasteiger partial charge in [0.05, 0.1) is 0 Å². The van der Waals surface area contributed by atoms with Gasteiger partial charge in [-0.1, -0.05) is 13.0 Å². The maximum Gasteiger partial charge on any atom is 0.260 e. The van der Waals surface area contributed by atoms with Crippen molar-refractivity contribution in [1.82, 2.24) is 14.8 Å². The Kier molecular flexibility index (Phi) is 5.70. The van der Waals surface area contributed by atoms with Gasteiger partial charge >= 0.3 is 0 Å². The summed E-state index contributed by atoms with van der Waals surface area (Å²) in [4.78, 5) is 20.6. The summed E-state index contributed by atoms with van der Waals surface area (Å²) in [6, 6.07) is 5.35. The lowest BCUT2D eigenvalue weighted by Gasteiger charge is -2.23. The average Bonchev–Trinajstić information content (AvgIpc) is 2.94. The number of carbonyl (C=O) groups excluding carboxylic acids is 1. The molecule has 3 rings (SSSR count). The maximum atomic E-state index is 13.9. The molecule has 1 aromatic carbocycles. The molecule has 0 bridgehead atoms. The van der Waals surface area contributed by atoms with Crippen LogP contribution in [0.15, 0.2) is 30.5 Å². The molecule has 5 nitrogen and oxygen atoms in total. The van der Waals surface area contributed by atoms with Crippen LogP contribution in [0.5, 0.6) is 5.88 Å². The van der Waals surface area contributed by atoms with Gasteiger partial charge in [-0.2, -0.15) is 0 Å². The average molecular weight is 375 g/mol. The summed E-state index contributed by atoms with van der Waals surface area (Å²) < 4.78 is 32.9. The van der Waals surface area contributed by atoms with Gasteiger partial charge in [-0.3, -0.25) is 4.79 Å². The number of rotatable bonds is 7.